The van der Waals surface area contributed by atoms with E-state index < -0.39 is 0 Å². The van der Waals surface area contributed by atoms with Gasteiger partial charge >= 0.3 is 0 Å². The Morgan fingerprint density at radius 1 is 1.21 bits per heavy atom. The van der Waals surface area contributed by atoms with E-state index in [-0.39, 0.29) is 22.9 Å². The fourth-order valence-electron chi connectivity index (χ4n) is 3.69. The molecule has 0 aliphatic carbocycles. The van der Waals surface area contributed by atoms with Crippen molar-refractivity contribution >= 4 is 16.9 Å². The molecule has 0 radical (unpaired) electrons. The second kappa shape index (κ2) is 5.94. The number of amides is 1. The number of carbonyl (C=O) groups excluding carboxylic acids is 1. The Labute approximate surface area is 139 Å². The van der Waals surface area contributed by atoms with E-state index in [9.17, 15) is 9.59 Å². The zero-order valence-corrected chi connectivity index (χ0v) is 13.7. The van der Waals surface area contributed by atoms with E-state index in [1.165, 1.54) is 6.26 Å². The minimum Gasteiger partial charge on any atom is -0.497 e. The summed E-state index contributed by atoms with van der Waals surface area (Å²) in [5.41, 5.74) is 0.274. The van der Waals surface area contributed by atoms with Gasteiger partial charge in [0.15, 0.2) is 0 Å². The summed E-state index contributed by atoms with van der Waals surface area (Å²) in [5.74, 6) is 0.350. The highest BCUT2D eigenvalue weighted by molar-refractivity contribution is 5.97. The van der Waals surface area contributed by atoms with E-state index in [4.69, 9.17) is 9.15 Å². The molecule has 3 aliphatic rings. The Morgan fingerprint density at radius 2 is 2.00 bits per heavy atom. The van der Waals surface area contributed by atoms with E-state index >= 15 is 0 Å². The minimum absolute atomic E-state index is 0.108. The molecule has 6 heteroatoms. The topological polar surface area (TPSA) is 63.0 Å². The third-order valence-electron chi connectivity index (χ3n) is 5.13. The molecule has 0 saturated carbocycles. The SMILES string of the molecule is COc1ccc2occ(C(=O)N3CCN4CCC3CC4)c(=O)c2c1. The number of fused-ring (bicyclic) bond motifs is 5. The van der Waals surface area contributed by atoms with Crippen LogP contribution in [0.5, 0.6) is 5.75 Å². The highest BCUT2D eigenvalue weighted by Gasteiger charge is 2.33. The molecule has 0 unspecified atom stereocenters. The van der Waals surface area contributed by atoms with E-state index in [1.54, 1.807) is 25.3 Å². The highest BCUT2D eigenvalue weighted by Crippen LogP contribution is 2.23. The Hall–Kier alpha value is -2.34. The van der Waals surface area contributed by atoms with Crippen molar-refractivity contribution in [2.45, 2.75) is 18.9 Å². The molecule has 126 valence electrons. The fourth-order valence-corrected chi connectivity index (χ4v) is 3.69. The summed E-state index contributed by atoms with van der Waals surface area (Å²) in [6.45, 7) is 3.59. The van der Waals surface area contributed by atoms with Crippen molar-refractivity contribution in [2.24, 2.45) is 0 Å². The van der Waals surface area contributed by atoms with Crippen LogP contribution in [0.15, 0.2) is 33.7 Å². The third-order valence-corrected chi connectivity index (χ3v) is 5.13. The van der Waals surface area contributed by atoms with Crippen LogP contribution in [0.2, 0.25) is 0 Å². The van der Waals surface area contributed by atoms with Crippen LogP contribution in [0.25, 0.3) is 11.0 Å². The minimum atomic E-state index is -0.292. The van der Waals surface area contributed by atoms with Gasteiger partial charge in [-0.25, -0.2) is 0 Å². The van der Waals surface area contributed by atoms with Crippen LogP contribution in [-0.2, 0) is 0 Å². The summed E-state index contributed by atoms with van der Waals surface area (Å²) in [6.07, 6.45) is 3.24. The van der Waals surface area contributed by atoms with Crippen LogP contribution >= 0.6 is 0 Å². The van der Waals surface area contributed by atoms with Crippen molar-refractivity contribution in [1.82, 2.24) is 9.80 Å². The molecule has 2 aromatic rings. The van der Waals surface area contributed by atoms with Crippen molar-refractivity contribution in [2.75, 3.05) is 33.3 Å². The largest absolute Gasteiger partial charge is 0.497 e. The zero-order chi connectivity index (χ0) is 16.7. The zero-order valence-electron chi connectivity index (χ0n) is 13.7. The van der Waals surface area contributed by atoms with Gasteiger partial charge in [0, 0.05) is 32.2 Å². The number of carbonyl (C=O) groups is 1. The van der Waals surface area contributed by atoms with Crippen molar-refractivity contribution in [3.8, 4) is 5.75 Å². The lowest BCUT2D eigenvalue weighted by Gasteiger charge is -2.31. The summed E-state index contributed by atoms with van der Waals surface area (Å²) in [5, 5.41) is 0.378. The molecular formula is C18H20N2O4. The molecule has 24 heavy (non-hydrogen) atoms. The maximum atomic E-state index is 13.0. The van der Waals surface area contributed by atoms with Crippen LogP contribution in [0, 0.1) is 0 Å². The number of nitrogens with zero attached hydrogens (tertiary/aromatic N) is 2. The average Bonchev–Trinajstić information content (AvgIpc) is 2.95. The van der Waals surface area contributed by atoms with Crippen molar-refractivity contribution < 1.29 is 13.9 Å². The summed E-state index contributed by atoms with van der Waals surface area (Å²) in [4.78, 5) is 30.0. The van der Waals surface area contributed by atoms with Gasteiger partial charge in [0.25, 0.3) is 5.91 Å². The second-order valence-corrected chi connectivity index (χ2v) is 6.41. The Balaban J connectivity index is 1.74. The maximum Gasteiger partial charge on any atom is 0.261 e. The number of benzene rings is 1. The molecule has 6 nitrogen and oxygen atoms in total. The molecule has 3 saturated heterocycles. The second-order valence-electron chi connectivity index (χ2n) is 6.41. The summed E-state index contributed by atoms with van der Waals surface area (Å²) < 4.78 is 10.7. The van der Waals surface area contributed by atoms with Crippen molar-refractivity contribution in [1.29, 1.82) is 0 Å². The monoisotopic (exact) mass is 328 g/mol. The summed E-state index contributed by atoms with van der Waals surface area (Å²) in [7, 11) is 1.54. The van der Waals surface area contributed by atoms with E-state index in [1.807, 2.05) is 4.90 Å². The third kappa shape index (κ3) is 2.47. The molecule has 4 heterocycles. The van der Waals surface area contributed by atoms with Crippen LogP contribution in [0.1, 0.15) is 23.2 Å². The van der Waals surface area contributed by atoms with Gasteiger partial charge in [-0.05, 0) is 31.0 Å². The van der Waals surface area contributed by atoms with Crippen LogP contribution < -0.4 is 10.2 Å². The highest BCUT2D eigenvalue weighted by atomic mass is 16.5. The molecule has 5 rings (SSSR count). The molecule has 0 spiro atoms. The van der Waals surface area contributed by atoms with E-state index in [2.05, 4.69) is 4.90 Å². The number of piperidine rings is 1. The first-order valence-electron chi connectivity index (χ1n) is 8.30. The molecule has 3 fully saturated rings. The molecule has 1 aromatic heterocycles. The smallest absolute Gasteiger partial charge is 0.261 e. The van der Waals surface area contributed by atoms with Gasteiger partial charge in [-0.3, -0.25) is 9.59 Å². The van der Waals surface area contributed by atoms with E-state index in [0.717, 1.165) is 32.5 Å². The number of hydrogen-bond acceptors (Lipinski definition) is 5. The van der Waals surface area contributed by atoms with Crippen LogP contribution in [-0.4, -0.2) is 55.0 Å². The summed E-state index contributed by atoms with van der Waals surface area (Å²) >= 11 is 0. The van der Waals surface area contributed by atoms with Crippen LogP contribution in [0.4, 0.5) is 0 Å². The first-order chi connectivity index (χ1) is 11.7. The first-order valence-corrected chi connectivity index (χ1v) is 8.30. The van der Waals surface area contributed by atoms with Gasteiger partial charge in [0.2, 0.25) is 5.43 Å². The van der Waals surface area contributed by atoms with Crippen molar-refractivity contribution in [3.63, 3.8) is 0 Å². The Kier molecular flexibility index (Phi) is 3.76. The molecule has 3 aliphatic heterocycles. The molecular weight excluding hydrogens is 308 g/mol. The molecule has 1 aromatic carbocycles. The van der Waals surface area contributed by atoms with Gasteiger partial charge in [-0.2, -0.15) is 0 Å². The maximum absolute atomic E-state index is 13.0. The molecule has 0 atom stereocenters. The molecule has 1 amide bonds. The van der Waals surface area contributed by atoms with Crippen molar-refractivity contribution in [3.05, 3.63) is 40.2 Å². The predicted octanol–water partition coefficient (Wildman–Crippen LogP) is 1.72. The van der Waals surface area contributed by atoms with Crippen LogP contribution in [0.3, 0.4) is 0 Å². The first kappa shape index (κ1) is 15.2. The lowest BCUT2D eigenvalue weighted by Crippen LogP contribution is -2.43. The molecule has 0 N–H and O–H groups in total. The predicted molar refractivity (Wildman–Crippen MR) is 89.5 cm³/mol. The normalized spacial score (nSPS) is 23.3. The van der Waals surface area contributed by atoms with Gasteiger partial charge in [-0.1, -0.05) is 0 Å². The van der Waals surface area contributed by atoms with Gasteiger partial charge < -0.3 is 19.0 Å². The lowest BCUT2D eigenvalue weighted by atomic mass is 10.0. The van der Waals surface area contributed by atoms with E-state index in [0.29, 0.717) is 23.3 Å². The summed E-state index contributed by atoms with van der Waals surface area (Å²) in [6, 6.07) is 5.26. The van der Waals surface area contributed by atoms with Gasteiger partial charge in [0.05, 0.1) is 12.5 Å². The van der Waals surface area contributed by atoms with Gasteiger partial charge in [-0.15, -0.1) is 0 Å². The Morgan fingerprint density at radius 3 is 2.75 bits per heavy atom. The number of methoxy groups -OCH3 is 1. The standard InChI is InChI=1S/C18H20N2O4/c1-23-13-2-3-16-14(10-13)17(21)15(11-24-16)18(22)20-9-8-19-6-4-12(20)5-7-19/h2-3,10-12H,4-9H2,1H3. The fraction of sp³-hybridized carbons (Fsp3) is 0.444. The average molecular weight is 328 g/mol. The number of rotatable bonds is 2. The lowest BCUT2D eigenvalue weighted by molar-refractivity contribution is 0.0681. The molecule has 2 bridgehead atoms. The quantitative estimate of drug-likeness (QED) is 0.840. The number of hydrogen-bond donors (Lipinski definition) is 0. The van der Waals surface area contributed by atoms with Gasteiger partial charge in [0.1, 0.15) is 23.2 Å². The Bertz CT molecular complexity index is 837. The number of ether oxygens (including phenoxy) is 1.